The number of benzene rings is 2. The van der Waals surface area contributed by atoms with Crippen LogP contribution in [0.25, 0.3) is 10.2 Å². The Kier molecular flexibility index (Phi) is 7.21. The third-order valence-electron chi connectivity index (χ3n) is 5.24. The van der Waals surface area contributed by atoms with Crippen molar-refractivity contribution in [1.82, 2.24) is 14.8 Å². The first-order chi connectivity index (χ1) is 16.0. The van der Waals surface area contributed by atoms with Gasteiger partial charge < -0.3 is 19.3 Å². The smallest absolute Gasteiger partial charge is 0.264 e. The normalized spacial score (nSPS) is 14.2. The lowest BCUT2D eigenvalue weighted by Gasteiger charge is -2.32. The Morgan fingerprint density at radius 3 is 2.58 bits per heavy atom. The highest BCUT2D eigenvalue weighted by Gasteiger charge is 2.21. The van der Waals surface area contributed by atoms with Crippen molar-refractivity contribution < 1.29 is 19.1 Å². The average Bonchev–Trinajstić information content (AvgIpc) is 3.23. The van der Waals surface area contributed by atoms with E-state index in [0.717, 1.165) is 36.4 Å². The highest BCUT2D eigenvalue weighted by molar-refractivity contribution is 7.22. The third-order valence-corrected chi connectivity index (χ3v) is 6.17. The van der Waals surface area contributed by atoms with Gasteiger partial charge in [-0.25, -0.2) is 4.98 Å². The minimum absolute atomic E-state index is 0.0229. The Hall–Kier alpha value is -3.43. The number of rotatable bonds is 8. The molecule has 1 saturated heterocycles. The predicted octanol–water partition coefficient (Wildman–Crippen LogP) is 3.27. The van der Waals surface area contributed by atoms with Crippen LogP contribution in [-0.4, -0.2) is 73.0 Å². The van der Waals surface area contributed by atoms with E-state index >= 15 is 0 Å². The van der Waals surface area contributed by atoms with E-state index in [1.54, 1.807) is 24.3 Å². The van der Waals surface area contributed by atoms with E-state index in [0.29, 0.717) is 28.8 Å². The lowest BCUT2D eigenvalue weighted by Crippen LogP contribution is -2.47. The van der Waals surface area contributed by atoms with E-state index in [1.165, 1.54) is 11.3 Å². The largest absolute Gasteiger partial charge is 0.486 e. The maximum atomic E-state index is 12.8. The molecule has 4 rings (SSSR count). The summed E-state index contributed by atoms with van der Waals surface area (Å²) >= 11 is 1.33. The molecule has 8 nitrogen and oxygen atoms in total. The Balaban J connectivity index is 1.37. The van der Waals surface area contributed by atoms with Crippen LogP contribution in [0.4, 0.5) is 5.13 Å². The van der Waals surface area contributed by atoms with Gasteiger partial charge in [0.05, 0.1) is 10.2 Å². The number of carbonyl (C=O) groups excluding carboxylic acids is 2. The predicted molar refractivity (Wildman–Crippen MR) is 129 cm³/mol. The topological polar surface area (TPSA) is 84.0 Å². The molecule has 1 aromatic heterocycles. The van der Waals surface area contributed by atoms with Crippen molar-refractivity contribution in [2.45, 2.75) is 0 Å². The highest BCUT2D eigenvalue weighted by atomic mass is 32.1. The molecule has 1 N–H and O–H groups in total. The van der Waals surface area contributed by atoms with Crippen LogP contribution in [0.15, 0.2) is 55.1 Å². The van der Waals surface area contributed by atoms with Crippen molar-refractivity contribution in [2.75, 3.05) is 51.8 Å². The Labute approximate surface area is 196 Å². The summed E-state index contributed by atoms with van der Waals surface area (Å²) in [5.74, 6) is 0.713. The average molecular weight is 467 g/mol. The first-order valence-corrected chi connectivity index (χ1v) is 11.5. The van der Waals surface area contributed by atoms with E-state index < -0.39 is 0 Å². The Morgan fingerprint density at radius 2 is 1.85 bits per heavy atom. The Bertz CT molecular complexity index is 1150. The quantitative estimate of drug-likeness (QED) is 0.513. The van der Waals surface area contributed by atoms with Gasteiger partial charge in [0.2, 0.25) is 0 Å². The molecule has 9 heteroatoms. The van der Waals surface area contributed by atoms with Crippen molar-refractivity contribution in [3.63, 3.8) is 0 Å². The number of hydrogen-bond donors (Lipinski definition) is 1. The highest BCUT2D eigenvalue weighted by Crippen LogP contribution is 2.28. The molecule has 0 bridgehead atoms. The molecule has 2 aromatic carbocycles. The molecule has 0 radical (unpaired) electrons. The van der Waals surface area contributed by atoms with E-state index in [9.17, 15) is 9.59 Å². The second kappa shape index (κ2) is 10.5. The molecule has 0 spiro atoms. The van der Waals surface area contributed by atoms with Crippen LogP contribution in [0, 0.1) is 0 Å². The summed E-state index contributed by atoms with van der Waals surface area (Å²) in [5, 5.41) is 3.22. The van der Waals surface area contributed by atoms with Gasteiger partial charge in [0.25, 0.3) is 11.8 Å². The van der Waals surface area contributed by atoms with Gasteiger partial charge in [-0.15, -0.1) is 0 Å². The number of amides is 2. The summed E-state index contributed by atoms with van der Waals surface area (Å²) in [5.41, 5.74) is 1.36. The molecule has 0 aliphatic carbocycles. The van der Waals surface area contributed by atoms with Crippen LogP contribution < -0.4 is 14.8 Å². The molecule has 2 amide bonds. The van der Waals surface area contributed by atoms with Gasteiger partial charge in [-0.2, -0.15) is 0 Å². The number of hydrogen-bond acceptors (Lipinski definition) is 7. The van der Waals surface area contributed by atoms with E-state index in [2.05, 4.69) is 28.8 Å². The molecule has 1 fully saturated rings. The second-order valence-electron chi connectivity index (χ2n) is 7.68. The lowest BCUT2D eigenvalue weighted by molar-refractivity contribution is -0.118. The van der Waals surface area contributed by atoms with Crippen LogP contribution in [0.1, 0.15) is 10.4 Å². The van der Waals surface area contributed by atoms with Crippen molar-refractivity contribution in [3.8, 4) is 11.5 Å². The zero-order valence-corrected chi connectivity index (χ0v) is 19.3. The van der Waals surface area contributed by atoms with Gasteiger partial charge in [0.1, 0.15) is 6.61 Å². The SMILES string of the molecule is C=CCOc1ccccc1OCC(=O)Nc1nc2ccc(C(=O)N3CCN(C)CC3)cc2s1. The van der Waals surface area contributed by atoms with Crippen molar-refractivity contribution in [1.29, 1.82) is 0 Å². The summed E-state index contributed by atoms with van der Waals surface area (Å²) in [4.78, 5) is 33.8. The molecule has 0 unspecified atom stereocenters. The summed E-state index contributed by atoms with van der Waals surface area (Å²) in [6.07, 6.45) is 1.64. The van der Waals surface area contributed by atoms with Crippen LogP contribution in [0.3, 0.4) is 0 Å². The fourth-order valence-corrected chi connectivity index (χ4v) is 4.36. The maximum absolute atomic E-state index is 12.8. The number of para-hydroxylation sites is 2. The van der Waals surface area contributed by atoms with E-state index in [-0.39, 0.29) is 18.4 Å². The van der Waals surface area contributed by atoms with Gasteiger partial charge in [-0.3, -0.25) is 14.9 Å². The van der Waals surface area contributed by atoms with Gasteiger partial charge in [0.15, 0.2) is 23.2 Å². The van der Waals surface area contributed by atoms with Crippen molar-refractivity contribution >= 4 is 38.5 Å². The fraction of sp³-hybridized carbons (Fsp3) is 0.292. The summed E-state index contributed by atoms with van der Waals surface area (Å²) < 4.78 is 12.0. The molecule has 0 atom stereocenters. The molecule has 33 heavy (non-hydrogen) atoms. The van der Waals surface area contributed by atoms with Crippen LogP contribution >= 0.6 is 11.3 Å². The number of nitrogens with zero attached hydrogens (tertiary/aromatic N) is 3. The van der Waals surface area contributed by atoms with E-state index in [1.807, 2.05) is 29.2 Å². The van der Waals surface area contributed by atoms with Gasteiger partial charge >= 0.3 is 0 Å². The monoisotopic (exact) mass is 466 g/mol. The fourth-order valence-electron chi connectivity index (χ4n) is 3.44. The zero-order valence-electron chi connectivity index (χ0n) is 18.5. The minimum atomic E-state index is -0.332. The minimum Gasteiger partial charge on any atom is -0.486 e. The maximum Gasteiger partial charge on any atom is 0.264 e. The zero-order chi connectivity index (χ0) is 23.2. The Morgan fingerprint density at radius 1 is 1.12 bits per heavy atom. The van der Waals surface area contributed by atoms with Crippen LogP contribution in [0.5, 0.6) is 11.5 Å². The standard InChI is InChI=1S/C24H26N4O4S/c1-3-14-31-19-6-4-5-7-20(19)32-16-22(29)26-24-25-18-9-8-17(15-21(18)33-24)23(30)28-12-10-27(2)11-13-28/h3-9,15H,1,10-14,16H2,2H3,(H,25,26,29). The molecule has 0 saturated carbocycles. The van der Waals surface area contributed by atoms with Crippen LogP contribution in [-0.2, 0) is 4.79 Å². The summed E-state index contributed by atoms with van der Waals surface area (Å²) in [7, 11) is 2.06. The molecule has 3 aromatic rings. The van der Waals surface area contributed by atoms with Gasteiger partial charge in [-0.1, -0.05) is 36.1 Å². The number of ether oxygens (including phenoxy) is 2. The number of fused-ring (bicyclic) bond motifs is 1. The molecular weight excluding hydrogens is 440 g/mol. The van der Waals surface area contributed by atoms with Crippen molar-refractivity contribution in [3.05, 3.63) is 60.7 Å². The van der Waals surface area contributed by atoms with Gasteiger partial charge in [0, 0.05) is 31.7 Å². The molecular formula is C24H26N4O4S. The number of likely N-dealkylation sites (N-methyl/N-ethyl adjacent to an activating group) is 1. The molecule has 2 heterocycles. The summed E-state index contributed by atoms with van der Waals surface area (Å²) in [6, 6.07) is 12.6. The number of nitrogens with one attached hydrogen (secondary N) is 1. The summed E-state index contributed by atoms with van der Waals surface area (Å²) in [6.45, 7) is 6.98. The first-order valence-electron chi connectivity index (χ1n) is 10.7. The van der Waals surface area contributed by atoms with Crippen LogP contribution in [0.2, 0.25) is 0 Å². The number of carbonyl (C=O) groups is 2. The first kappa shape index (κ1) is 22.8. The third kappa shape index (κ3) is 5.68. The van der Waals surface area contributed by atoms with Crippen molar-refractivity contribution in [2.24, 2.45) is 0 Å². The second-order valence-corrected chi connectivity index (χ2v) is 8.71. The lowest BCUT2D eigenvalue weighted by atomic mass is 10.1. The molecule has 1 aliphatic rings. The molecule has 172 valence electrons. The van der Waals surface area contributed by atoms with Gasteiger partial charge in [-0.05, 0) is 37.4 Å². The van der Waals surface area contributed by atoms with E-state index in [4.69, 9.17) is 9.47 Å². The number of piperazine rings is 1. The molecule has 1 aliphatic heterocycles. The number of anilines is 1. The number of thiazole rings is 1. The number of aromatic nitrogens is 1.